The van der Waals surface area contributed by atoms with E-state index in [-0.39, 0.29) is 35.5 Å². The van der Waals surface area contributed by atoms with E-state index in [4.69, 9.17) is 0 Å². The summed E-state index contributed by atoms with van der Waals surface area (Å²) < 4.78 is 0. The van der Waals surface area contributed by atoms with Crippen LogP contribution in [0.5, 0.6) is 0 Å². The fourth-order valence-electron chi connectivity index (χ4n) is 6.81. The van der Waals surface area contributed by atoms with Crippen molar-refractivity contribution in [1.29, 1.82) is 0 Å². The molecule has 0 spiro atoms. The molecule has 3 N–H and O–H groups in total. The van der Waals surface area contributed by atoms with E-state index in [0.717, 1.165) is 38.5 Å². The Hall–Kier alpha value is -1.59. The highest BCUT2D eigenvalue weighted by atomic mass is 16.2. The summed E-state index contributed by atoms with van der Waals surface area (Å²) in [5.74, 6) is -0.736. The first kappa shape index (κ1) is 41.4. The van der Waals surface area contributed by atoms with Crippen LogP contribution in [-0.2, 0) is 14.4 Å². The highest BCUT2D eigenvalue weighted by molar-refractivity contribution is 5.85. The Bertz CT molecular complexity index is 627. The molecule has 1 aliphatic rings. The molecule has 0 saturated heterocycles. The molecule has 0 aromatic heterocycles. The van der Waals surface area contributed by atoms with E-state index in [0.29, 0.717) is 38.9 Å². The Balaban J connectivity index is 2.49. The summed E-state index contributed by atoms with van der Waals surface area (Å²) in [4.78, 5) is 39.7. The van der Waals surface area contributed by atoms with Crippen molar-refractivity contribution in [1.82, 2.24) is 16.0 Å². The Kier molecular flexibility index (Phi) is 27.4. The second-order valence-electron chi connectivity index (χ2n) is 14.1. The average Bonchev–Trinajstić information content (AvgIpc) is 3.05. The van der Waals surface area contributed by atoms with Crippen molar-refractivity contribution in [2.24, 2.45) is 17.8 Å². The molecule has 0 aromatic rings. The fourth-order valence-corrected chi connectivity index (χ4v) is 6.81. The molecule has 1 rings (SSSR count). The lowest BCUT2D eigenvalue weighted by Gasteiger charge is -2.33. The first-order valence-electron chi connectivity index (χ1n) is 19.9. The van der Waals surface area contributed by atoms with Gasteiger partial charge in [-0.1, -0.05) is 156 Å². The van der Waals surface area contributed by atoms with Gasteiger partial charge in [0.25, 0.3) is 0 Å². The Morgan fingerprint density at radius 3 is 0.778 bits per heavy atom. The van der Waals surface area contributed by atoms with E-state index >= 15 is 0 Å². The lowest BCUT2D eigenvalue weighted by molar-refractivity contribution is -0.134. The van der Waals surface area contributed by atoms with E-state index in [9.17, 15) is 14.4 Å². The number of hydrogen-bond donors (Lipinski definition) is 3. The van der Waals surface area contributed by atoms with Crippen LogP contribution in [0.1, 0.15) is 194 Å². The maximum Gasteiger partial charge on any atom is 0.223 e. The third-order valence-corrected chi connectivity index (χ3v) is 9.81. The number of carbonyl (C=O) groups excluding carboxylic acids is 3. The average molecular weight is 634 g/mol. The predicted molar refractivity (Wildman–Crippen MR) is 191 cm³/mol. The molecule has 6 nitrogen and oxygen atoms in total. The molecule has 1 aliphatic carbocycles. The topological polar surface area (TPSA) is 87.3 Å². The van der Waals surface area contributed by atoms with Crippen molar-refractivity contribution in [2.75, 3.05) is 19.6 Å². The maximum atomic E-state index is 13.2. The van der Waals surface area contributed by atoms with Crippen LogP contribution in [-0.4, -0.2) is 37.4 Å². The highest BCUT2D eigenvalue weighted by Gasteiger charge is 2.38. The molecule has 0 aliphatic heterocycles. The minimum atomic E-state index is -0.273. The second-order valence-corrected chi connectivity index (χ2v) is 14.1. The van der Waals surface area contributed by atoms with E-state index in [2.05, 4.69) is 36.7 Å². The van der Waals surface area contributed by atoms with Crippen molar-refractivity contribution >= 4 is 17.7 Å². The molecular formula is C39H75N3O3. The van der Waals surface area contributed by atoms with Gasteiger partial charge in [-0.05, 0) is 38.5 Å². The summed E-state index contributed by atoms with van der Waals surface area (Å²) in [6, 6.07) is 0. The van der Waals surface area contributed by atoms with Gasteiger partial charge in [0.1, 0.15) is 0 Å². The number of hydrogen-bond acceptors (Lipinski definition) is 3. The molecule has 1 saturated carbocycles. The van der Waals surface area contributed by atoms with Crippen LogP contribution < -0.4 is 16.0 Å². The molecular weight excluding hydrogens is 558 g/mol. The van der Waals surface area contributed by atoms with Gasteiger partial charge in [0.05, 0.1) is 0 Å². The van der Waals surface area contributed by atoms with Crippen molar-refractivity contribution < 1.29 is 14.4 Å². The number of rotatable bonds is 30. The minimum absolute atomic E-state index is 0.0272. The van der Waals surface area contributed by atoms with Gasteiger partial charge in [-0.25, -0.2) is 0 Å². The van der Waals surface area contributed by atoms with Crippen LogP contribution in [0, 0.1) is 17.8 Å². The monoisotopic (exact) mass is 634 g/mol. The molecule has 0 unspecified atom stereocenters. The molecule has 0 radical (unpaired) electrons. The zero-order chi connectivity index (χ0) is 32.8. The Labute approximate surface area is 279 Å². The largest absolute Gasteiger partial charge is 0.356 e. The summed E-state index contributed by atoms with van der Waals surface area (Å²) in [6.07, 6.45) is 31.3. The SMILES string of the molecule is CCCCCCCCCCNC(=O)C1CC(C(=O)NCCCCCCCCCC)CC(C(=O)NCCCCCCCCCC)C1. The van der Waals surface area contributed by atoms with Crippen LogP contribution in [0.3, 0.4) is 0 Å². The fraction of sp³-hybridized carbons (Fsp3) is 0.923. The van der Waals surface area contributed by atoms with Gasteiger partial charge >= 0.3 is 0 Å². The van der Waals surface area contributed by atoms with Crippen LogP contribution in [0.2, 0.25) is 0 Å². The molecule has 0 bridgehead atoms. The van der Waals surface area contributed by atoms with Gasteiger partial charge in [0, 0.05) is 37.4 Å². The number of amides is 3. The standard InChI is InChI=1S/C39H75N3O3/c1-4-7-10-13-16-19-22-25-28-40-37(43)34-31-35(38(44)41-29-26-23-20-17-14-11-8-5-2)33-36(32-34)39(45)42-30-27-24-21-18-15-12-9-6-3/h34-36H,4-33H2,1-3H3,(H,40,43)(H,41,44)(H,42,45). The Morgan fingerprint density at radius 1 is 0.356 bits per heavy atom. The van der Waals surface area contributed by atoms with E-state index in [1.165, 1.54) is 116 Å². The first-order chi connectivity index (χ1) is 22.0. The molecule has 0 aromatic carbocycles. The quantitative estimate of drug-likeness (QED) is 0.0688. The first-order valence-corrected chi connectivity index (χ1v) is 19.9. The Morgan fingerprint density at radius 2 is 0.556 bits per heavy atom. The van der Waals surface area contributed by atoms with E-state index < -0.39 is 0 Å². The lowest BCUT2D eigenvalue weighted by atomic mass is 9.74. The molecule has 3 amide bonds. The van der Waals surface area contributed by atoms with Crippen LogP contribution in [0.15, 0.2) is 0 Å². The minimum Gasteiger partial charge on any atom is -0.356 e. The molecule has 6 heteroatoms. The van der Waals surface area contributed by atoms with E-state index in [1.54, 1.807) is 0 Å². The lowest BCUT2D eigenvalue weighted by Crippen LogP contribution is -2.45. The van der Waals surface area contributed by atoms with Gasteiger partial charge in [0.2, 0.25) is 17.7 Å². The van der Waals surface area contributed by atoms with Gasteiger partial charge in [0.15, 0.2) is 0 Å². The summed E-state index contributed by atoms with van der Waals surface area (Å²) >= 11 is 0. The van der Waals surface area contributed by atoms with Gasteiger partial charge in [-0.15, -0.1) is 0 Å². The zero-order valence-electron chi connectivity index (χ0n) is 30.2. The molecule has 1 fully saturated rings. The summed E-state index contributed by atoms with van der Waals surface area (Å²) in [6.45, 7) is 8.80. The summed E-state index contributed by atoms with van der Waals surface area (Å²) in [7, 11) is 0. The predicted octanol–water partition coefficient (Wildman–Crippen LogP) is 9.79. The van der Waals surface area contributed by atoms with Crippen LogP contribution >= 0.6 is 0 Å². The zero-order valence-corrected chi connectivity index (χ0v) is 30.2. The molecule has 0 heterocycles. The van der Waals surface area contributed by atoms with Crippen molar-refractivity contribution in [2.45, 2.75) is 194 Å². The van der Waals surface area contributed by atoms with Crippen LogP contribution in [0.25, 0.3) is 0 Å². The van der Waals surface area contributed by atoms with Crippen LogP contribution in [0.4, 0.5) is 0 Å². The molecule has 0 atom stereocenters. The van der Waals surface area contributed by atoms with Gasteiger partial charge in [-0.2, -0.15) is 0 Å². The smallest absolute Gasteiger partial charge is 0.223 e. The number of carbonyl (C=O) groups is 3. The number of nitrogens with one attached hydrogen (secondary N) is 3. The van der Waals surface area contributed by atoms with Gasteiger partial charge < -0.3 is 16.0 Å². The highest BCUT2D eigenvalue weighted by Crippen LogP contribution is 2.34. The van der Waals surface area contributed by atoms with Crippen molar-refractivity contribution in [3.8, 4) is 0 Å². The van der Waals surface area contributed by atoms with Gasteiger partial charge in [-0.3, -0.25) is 14.4 Å². The number of unbranched alkanes of at least 4 members (excludes halogenated alkanes) is 21. The van der Waals surface area contributed by atoms with Crippen molar-refractivity contribution in [3.05, 3.63) is 0 Å². The second kappa shape index (κ2) is 29.8. The van der Waals surface area contributed by atoms with Crippen molar-refractivity contribution in [3.63, 3.8) is 0 Å². The third kappa shape index (κ3) is 22.6. The normalized spacial score (nSPS) is 18.1. The summed E-state index contributed by atoms with van der Waals surface area (Å²) in [5.41, 5.74) is 0. The third-order valence-electron chi connectivity index (χ3n) is 9.81. The molecule has 264 valence electrons. The summed E-state index contributed by atoms with van der Waals surface area (Å²) in [5, 5.41) is 9.45. The molecule has 45 heavy (non-hydrogen) atoms. The van der Waals surface area contributed by atoms with E-state index in [1.807, 2.05) is 0 Å². The maximum absolute atomic E-state index is 13.2.